The standard InChI is InChI=1S/C18H15N5O3/c1-12-15(10-19)18(22(21-12)14-5-3-2-4-6-14)20-11-13-7-8-17(24)16(9-13)23(25)26/h2-9,20,24H,11H2,1H3. The summed E-state index contributed by atoms with van der Waals surface area (Å²) in [4.78, 5) is 10.3. The van der Waals surface area contributed by atoms with Gasteiger partial charge in [-0.3, -0.25) is 10.1 Å². The maximum atomic E-state index is 11.0. The highest BCUT2D eigenvalue weighted by atomic mass is 16.6. The molecule has 0 atom stereocenters. The minimum absolute atomic E-state index is 0.230. The van der Waals surface area contributed by atoms with Gasteiger partial charge in [0.05, 0.1) is 16.3 Å². The van der Waals surface area contributed by atoms with Crippen molar-refractivity contribution in [2.45, 2.75) is 13.5 Å². The zero-order chi connectivity index (χ0) is 18.7. The molecule has 0 fully saturated rings. The summed E-state index contributed by atoms with van der Waals surface area (Å²) in [5.41, 5.74) is 2.00. The number of para-hydroxylation sites is 1. The van der Waals surface area contributed by atoms with E-state index in [1.807, 2.05) is 30.3 Å². The lowest BCUT2D eigenvalue weighted by atomic mass is 10.2. The minimum Gasteiger partial charge on any atom is -0.502 e. The van der Waals surface area contributed by atoms with Crippen LogP contribution in [0.4, 0.5) is 11.5 Å². The molecular weight excluding hydrogens is 334 g/mol. The van der Waals surface area contributed by atoms with E-state index < -0.39 is 4.92 Å². The van der Waals surface area contributed by atoms with E-state index >= 15 is 0 Å². The third-order valence-electron chi connectivity index (χ3n) is 3.87. The van der Waals surface area contributed by atoms with Gasteiger partial charge in [0.2, 0.25) is 0 Å². The Morgan fingerprint density at radius 1 is 1.31 bits per heavy atom. The number of anilines is 1. The molecule has 8 heteroatoms. The molecule has 1 aromatic heterocycles. The number of nitro benzene ring substituents is 1. The number of hydrogen-bond acceptors (Lipinski definition) is 6. The SMILES string of the molecule is Cc1nn(-c2ccccc2)c(NCc2ccc(O)c([N+](=O)[O-])c2)c1C#N. The topological polar surface area (TPSA) is 117 Å². The van der Waals surface area contributed by atoms with Gasteiger partial charge in [0, 0.05) is 12.6 Å². The van der Waals surface area contributed by atoms with Gasteiger partial charge in [-0.1, -0.05) is 24.3 Å². The van der Waals surface area contributed by atoms with E-state index in [9.17, 15) is 20.5 Å². The van der Waals surface area contributed by atoms with E-state index in [1.54, 1.807) is 17.7 Å². The second kappa shape index (κ2) is 6.94. The highest BCUT2D eigenvalue weighted by molar-refractivity contribution is 5.59. The first-order valence-electron chi connectivity index (χ1n) is 7.76. The lowest BCUT2D eigenvalue weighted by Gasteiger charge is -2.10. The Balaban J connectivity index is 1.94. The Bertz CT molecular complexity index is 1010. The van der Waals surface area contributed by atoms with E-state index in [1.165, 1.54) is 12.1 Å². The van der Waals surface area contributed by atoms with E-state index in [4.69, 9.17) is 0 Å². The highest BCUT2D eigenvalue weighted by Crippen LogP contribution is 2.28. The highest BCUT2D eigenvalue weighted by Gasteiger charge is 2.17. The van der Waals surface area contributed by atoms with Crippen LogP contribution in [0.1, 0.15) is 16.8 Å². The molecule has 0 aliphatic rings. The van der Waals surface area contributed by atoms with Gasteiger partial charge >= 0.3 is 5.69 Å². The van der Waals surface area contributed by atoms with Crippen molar-refractivity contribution in [1.29, 1.82) is 5.26 Å². The number of aryl methyl sites for hydroxylation is 1. The monoisotopic (exact) mass is 349 g/mol. The van der Waals surface area contributed by atoms with Crippen molar-refractivity contribution >= 4 is 11.5 Å². The second-order valence-electron chi connectivity index (χ2n) is 5.60. The first kappa shape index (κ1) is 17.0. The lowest BCUT2D eigenvalue weighted by Crippen LogP contribution is -2.07. The first-order valence-corrected chi connectivity index (χ1v) is 7.76. The molecule has 8 nitrogen and oxygen atoms in total. The molecule has 0 saturated heterocycles. The molecule has 130 valence electrons. The summed E-state index contributed by atoms with van der Waals surface area (Å²) in [5.74, 6) is 0.119. The van der Waals surface area contributed by atoms with E-state index in [0.717, 1.165) is 5.69 Å². The average Bonchev–Trinajstić information content (AvgIpc) is 2.97. The fourth-order valence-electron chi connectivity index (χ4n) is 2.59. The number of phenols is 1. The summed E-state index contributed by atoms with van der Waals surface area (Å²) in [7, 11) is 0. The number of phenolic OH excluding ortho intramolecular Hbond substituents is 1. The molecule has 0 radical (unpaired) electrons. The molecule has 2 N–H and O–H groups in total. The number of benzene rings is 2. The summed E-state index contributed by atoms with van der Waals surface area (Å²) in [5, 5.41) is 37.5. The number of hydrogen-bond donors (Lipinski definition) is 2. The lowest BCUT2D eigenvalue weighted by molar-refractivity contribution is -0.385. The molecule has 0 aliphatic carbocycles. The van der Waals surface area contributed by atoms with Crippen LogP contribution in [0.25, 0.3) is 5.69 Å². The largest absolute Gasteiger partial charge is 0.502 e. The predicted octanol–water partition coefficient (Wildman–Crippen LogP) is 3.28. The number of nitrogens with zero attached hydrogens (tertiary/aromatic N) is 4. The summed E-state index contributed by atoms with van der Waals surface area (Å²) in [6.45, 7) is 1.97. The van der Waals surface area contributed by atoms with Crippen molar-refractivity contribution in [1.82, 2.24) is 9.78 Å². The number of rotatable bonds is 5. The fraction of sp³-hybridized carbons (Fsp3) is 0.111. The summed E-state index contributed by atoms with van der Waals surface area (Å²) in [6.07, 6.45) is 0. The Morgan fingerprint density at radius 3 is 2.69 bits per heavy atom. The smallest absolute Gasteiger partial charge is 0.311 e. The fourth-order valence-corrected chi connectivity index (χ4v) is 2.59. The molecule has 2 aromatic carbocycles. The van der Waals surface area contributed by atoms with Crippen molar-refractivity contribution in [3.05, 3.63) is 75.5 Å². The third kappa shape index (κ3) is 3.18. The molecular formula is C18H15N5O3. The van der Waals surface area contributed by atoms with Gasteiger partial charge in [-0.25, -0.2) is 4.68 Å². The molecule has 3 aromatic rings. The Morgan fingerprint density at radius 2 is 2.04 bits per heavy atom. The van der Waals surface area contributed by atoms with Crippen LogP contribution in [-0.4, -0.2) is 19.8 Å². The van der Waals surface area contributed by atoms with Gasteiger partial charge in [-0.2, -0.15) is 10.4 Å². The Hall–Kier alpha value is -3.86. The molecule has 0 amide bonds. The molecule has 26 heavy (non-hydrogen) atoms. The van der Waals surface area contributed by atoms with Crippen LogP contribution in [0.3, 0.4) is 0 Å². The molecule has 0 bridgehead atoms. The predicted molar refractivity (Wildman–Crippen MR) is 95.1 cm³/mol. The Labute approximate surface area is 149 Å². The summed E-state index contributed by atoms with van der Waals surface area (Å²) in [6, 6.07) is 15.6. The van der Waals surface area contributed by atoms with Crippen LogP contribution in [0, 0.1) is 28.4 Å². The van der Waals surface area contributed by atoms with Crippen LogP contribution >= 0.6 is 0 Å². The van der Waals surface area contributed by atoms with Gasteiger partial charge in [-0.05, 0) is 30.7 Å². The second-order valence-corrected chi connectivity index (χ2v) is 5.60. The van der Waals surface area contributed by atoms with Crippen molar-refractivity contribution in [3.8, 4) is 17.5 Å². The minimum atomic E-state index is -0.641. The zero-order valence-corrected chi connectivity index (χ0v) is 13.9. The maximum absolute atomic E-state index is 11.0. The molecule has 0 spiro atoms. The average molecular weight is 349 g/mol. The molecule has 0 unspecified atom stereocenters. The molecule has 0 saturated carbocycles. The number of nitrogens with one attached hydrogen (secondary N) is 1. The number of aromatic nitrogens is 2. The van der Waals surface area contributed by atoms with Gasteiger partial charge < -0.3 is 10.4 Å². The van der Waals surface area contributed by atoms with Crippen molar-refractivity contribution in [2.24, 2.45) is 0 Å². The van der Waals surface area contributed by atoms with Crippen LogP contribution in [0.5, 0.6) is 5.75 Å². The quantitative estimate of drug-likeness (QED) is 0.539. The van der Waals surface area contributed by atoms with Crippen LogP contribution < -0.4 is 5.32 Å². The summed E-state index contributed by atoms with van der Waals surface area (Å²) < 4.78 is 1.63. The Kier molecular flexibility index (Phi) is 4.53. The first-order chi connectivity index (χ1) is 12.5. The van der Waals surface area contributed by atoms with Crippen molar-refractivity contribution in [3.63, 3.8) is 0 Å². The van der Waals surface area contributed by atoms with Crippen LogP contribution in [0.2, 0.25) is 0 Å². The van der Waals surface area contributed by atoms with Crippen LogP contribution in [-0.2, 0) is 6.54 Å². The van der Waals surface area contributed by atoms with E-state index in [0.29, 0.717) is 22.6 Å². The maximum Gasteiger partial charge on any atom is 0.311 e. The van der Waals surface area contributed by atoms with Crippen molar-refractivity contribution in [2.75, 3.05) is 5.32 Å². The number of nitriles is 1. The van der Waals surface area contributed by atoms with Gasteiger partial charge in [0.1, 0.15) is 17.5 Å². The van der Waals surface area contributed by atoms with Gasteiger partial charge in [0.25, 0.3) is 0 Å². The number of nitro groups is 1. The molecule has 1 heterocycles. The van der Waals surface area contributed by atoms with Gasteiger partial charge in [-0.15, -0.1) is 0 Å². The zero-order valence-electron chi connectivity index (χ0n) is 13.9. The van der Waals surface area contributed by atoms with Gasteiger partial charge in [0.15, 0.2) is 5.75 Å². The van der Waals surface area contributed by atoms with Crippen molar-refractivity contribution < 1.29 is 10.0 Å². The van der Waals surface area contributed by atoms with E-state index in [2.05, 4.69) is 16.5 Å². The van der Waals surface area contributed by atoms with E-state index in [-0.39, 0.29) is 18.0 Å². The molecule has 3 rings (SSSR count). The molecule has 0 aliphatic heterocycles. The van der Waals surface area contributed by atoms with Crippen LogP contribution in [0.15, 0.2) is 48.5 Å². The summed E-state index contributed by atoms with van der Waals surface area (Å²) >= 11 is 0. The normalized spacial score (nSPS) is 10.3. The number of aromatic hydroxyl groups is 1. The third-order valence-corrected chi connectivity index (χ3v) is 3.87.